The largest absolute Gasteiger partial charge is 0.444 e. The predicted molar refractivity (Wildman–Crippen MR) is 99.4 cm³/mol. The number of ether oxygens (including phenoxy) is 1. The van der Waals surface area contributed by atoms with Crippen LogP contribution in [0.15, 0.2) is 24.3 Å². The SMILES string of the molecule is CC(=O)c1cccc(NC(=O)N2CCC(NC(=O)OC(C)(C)C)CC2)c1. The van der Waals surface area contributed by atoms with Gasteiger partial charge < -0.3 is 20.3 Å². The monoisotopic (exact) mass is 361 g/mol. The van der Waals surface area contributed by atoms with E-state index in [9.17, 15) is 14.4 Å². The van der Waals surface area contributed by atoms with Gasteiger partial charge in [-0.25, -0.2) is 9.59 Å². The van der Waals surface area contributed by atoms with E-state index < -0.39 is 11.7 Å². The predicted octanol–water partition coefficient (Wildman–Crippen LogP) is 3.41. The highest BCUT2D eigenvalue weighted by Crippen LogP contribution is 2.16. The van der Waals surface area contributed by atoms with Gasteiger partial charge in [0.05, 0.1) is 0 Å². The number of rotatable bonds is 3. The molecule has 0 saturated carbocycles. The number of Topliss-reactive ketones (excluding diaryl/α,β-unsaturated/α-hetero) is 1. The van der Waals surface area contributed by atoms with Crippen LogP contribution in [0.4, 0.5) is 15.3 Å². The Balaban J connectivity index is 1.82. The molecule has 26 heavy (non-hydrogen) atoms. The van der Waals surface area contributed by atoms with Crippen LogP contribution in [-0.2, 0) is 4.74 Å². The smallest absolute Gasteiger partial charge is 0.407 e. The first-order valence-corrected chi connectivity index (χ1v) is 8.80. The molecule has 0 bridgehead atoms. The molecule has 142 valence electrons. The number of alkyl carbamates (subject to hydrolysis) is 1. The molecule has 2 N–H and O–H groups in total. The lowest BCUT2D eigenvalue weighted by Gasteiger charge is -2.32. The summed E-state index contributed by atoms with van der Waals surface area (Å²) < 4.78 is 5.25. The Morgan fingerprint density at radius 1 is 1.15 bits per heavy atom. The summed E-state index contributed by atoms with van der Waals surface area (Å²) in [6.45, 7) is 8.03. The Morgan fingerprint density at radius 2 is 1.81 bits per heavy atom. The van der Waals surface area contributed by atoms with Crippen molar-refractivity contribution in [3.63, 3.8) is 0 Å². The standard InChI is InChI=1S/C19H27N3O4/c1-13(23)14-6-5-7-16(12-14)20-17(24)22-10-8-15(9-11-22)21-18(25)26-19(2,3)4/h5-7,12,15H,8-11H2,1-4H3,(H,20,24)(H,21,25). The zero-order chi connectivity index (χ0) is 19.3. The summed E-state index contributed by atoms with van der Waals surface area (Å²) in [6.07, 6.45) is 0.904. The van der Waals surface area contributed by atoms with Gasteiger partial charge in [-0.05, 0) is 52.7 Å². The number of likely N-dealkylation sites (tertiary alicyclic amines) is 1. The lowest BCUT2D eigenvalue weighted by atomic mass is 10.1. The molecule has 0 aliphatic carbocycles. The molecule has 0 unspecified atom stereocenters. The quantitative estimate of drug-likeness (QED) is 0.808. The molecule has 0 spiro atoms. The van der Waals surface area contributed by atoms with Crippen LogP contribution in [0, 0.1) is 0 Å². The number of carbonyl (C=O) groups is 3. The minimum Gasteiger partial charge on any atom is -0.444 e. The molecule has 1 fully saturated rings. The highest BCUT2D eigenvalue weighted by Gasteiger charge is 2.25. The Bertz CT molecular complexity index is 674. The second-order valence-electron chi connectivity index (χ2n) is 7.47. The van der Waals surface area contributed by atoms with Crippen LogP contribution in [0.3, 0.4) is 0 Å². The second kappa shape index (κ2) is 8.21. The van der Waals surface area contributed by atoms with E-state index in [4.69, 9.17) is 4.74 Å². The van der Waals surface area contributed by atoms with Crippen molar-refractivity contribution in [2.24, 2.45) is 0 Å². The molecular weight excluding hydrogens is 334 g/mol. The first-order chi connectivity index (χ1) is 12.1. The minimum atomic E-state index is -0.529. The summed E-state index contributed by atoms with van der Waals surface area (Å²) in [6, 6.07) is 6.66. The normalized spacial score (nSPS) is 15.3. The van der Waals surface area contributed by atoms with E-state index >= 15 is 0 Å². The number of urea groups is 1. The number of benzene rings is 1. The maximum absolute atomic E-state index is 12.4. The van der Waals surface area contributed by atoms with Crippen LogP contribution in [-0.4, -0.2) is 47.5 Å². The van der Waals surface area contributed by atoms with Crippen molar-refractivity contribution in [3.05, 3.63) is 29.8 Å². The Morgan fingerprint density at radius 3 is 2.38 bits per heavy atom. The van der Waals surface area contributed by atoms with E-state index in [0.717, 1.165) is 0 Å². The van der Waals surface area contributed by atoms with Gasteiger partial charge in [0.1, 0.15) is 5.60 Å². The Kier molecular flexibility index (Phi) is 6.23. The van der Waals surface area contributed by atoms with Crippen molar-refractivity contribution in [1.29, 1.82) is 0 Å². The molecule has 1 saturated heterocycles. The van der Waals surface area contributed by atoms with Gasteiger partial charge in [-0.15, -0.1) is 0 Å². The zero-order valence-corrected chi connectivity index (χ0v) is 15.8. The number of nitrogens with one attached hydrogen (secondary N) is 2. The van der Waals surface area contributed by atoms with Gasteiger partial charge in [0.2, 0.25) is 0 Å². The van der Waals surface area contributed by atoms with Crippen molar-refractivity contribution >= 4 is 23.6 Å². The number of hydrogen-bond donors (Lipinski definition) is 2. The van der Waals surface area contributed by atoms with Crippen molar-refractivity contribution in [2.45, 2.75) is 52.2 Å². The number of carbonyl (C=O) groups excluding carboxylic acids is 3. The van der Waals surface area contributed by atoms with Crippen molar-refractivity contribution in [3.8, 4) is 0 Å². The first kappa shape index (κ1) is 19.8. The molecule has 1 aromatic rings. The lowest BCUT2D eigenvalue weighted by molar-refractivity contribution is 0.0486. The van der Waals surface area contributed by atoms with E-state index in [1.807, 2.05) is 20.8 Å². The number of hydrogen-bond acceptors (Lipinski definition) is 4. The van der Waals surface area contributed by atoms with Crippen molar-refractivity contribution < 1.29 is 19.1 Å². The van der Waals surface area contributed by atoms with Gasteiger partial charge in [-0.2, -0.15) is 0 Å². The maximum Gasteiger partial charge on any atom is 0.407 e. The third kappa shape index (κ3) is 6.06. The summed E-state index contributed by atoms with van der Waals surface area (Å²) in [4.78, 5) is 37.3. The molecule has 1 aromatic carbocycles. The molecule has 1 aliphatic heterocycles. The number of ketones is 1. The fraction of sp³-hybridized carbons (Fsp3) is 0.526. The maximum atomic E-state index is 12.4. The second-order valence-corrected chi connectivity index (χ2v) is 7.47. The summed E-state index contributed by atoms with van der Waals surface area (Å²) in [5.74, 6) is -0.0462. The lowest BCUT2D eigenvalue weighted by Crippen LogP contribution is -2.48. The number of piperidine rings is 1. The topological polar surface area (TPSA) is 87.7 Å². The van der Waals surface area contributed by atoms with E-state index in [-0.39, 0.29) is 17.9 Å². The van der Waals surface area contributed by atoms with E-state index in [1.165, 1.54) is 6.92 Å². The molecule has 0 radical (unpaired) electrons. The van der Waals surface area contributed by atoms with Gasteiger partial charge >= 0.3 is 12.1 Å². The average molecular weight is 361 g/mol. The van der Waals surface area contributed by atoms with E-state index in [2.05, 4.69) is 10.6 Å². The summed E-state index contributed by atoms with van der Waals surface area (Å²) in [5, 5.41) is 5.66. The molecular formula is C19H27N3O4. The highest BCUT2D eigenvalue weighted by atomic mass is 16.6. The van der Waals surface area contributed by atoms with Gasteiger partial charge in [-0.3, -0.25) is 4.79 Å². The molecule has 2 rings (SSSR count). The summed E-state index contributed by atoms with van der Waals surface area (Å²) >= 11 is 0. The van der Waals surface area contributed by atoms with Crippen LogP contribution in [0.5, 0.6) is 0 Å². The minimum absolute atomic E-state index is 0.00468. The van der Waals surface area contributed by atoms with Gasteiger partial charge in [-0.1, -0.05) is 12.1 Å². The van der Waals surface area contributed by atoms with Crippen LogP contribution < -0.4 is 10.6 Å². The summed E-state index contributed by atoms with van der Waals surface area (Å²) in [5.41, 5.74) is 0.624. The van der Waals surface area contributed by atoms with Crippen LogP contribution >= 0.6 is 0 Å². The molecule has 7 heteroatoms. The first-order valence-electron chi connectivity index (χ1n) is 8.80. The van der Waals surface area contributed by atoms with Crippen LogP contribution in [0.2, 0.25) is 0 Å². The van der Waals surface area contributed by atoms with E-state index in [1.54, 1.807) is 29.2 Å². The van der Waals surface area contributed by atoms with Crippen molar-refractivity contribution in [1.82, 2.24) is 10.2 Å². The van der Waals surface area contributed by atoms with E-state index in [0.29, 0.717) is 37.2 Å². The Labute approximate surface area is 154 Å². The fourth-order valence-corrected chi connectivity index (χ4v) is 2.72. The molecule has 7 nitrogen and oxygen atoms in total. The van der Waals surface area contributed by atoms with Gasteiger partial charge in [0.15, 0.2) is 5.78 Å². The highest BCUT2D eigenvalue weighted by molar-refractivity contribution is 5.96. The molecule has 0 aromatic heterocycles. The molecule has 1 aliphatic rings. The number of nitrogens with zero attached hydrogens (tertiary/aromatic N) is 1. The summed E-state index contributed by atoms with van der Waals surface area (Å²) in [7, 11) is 0. The van der Waals surface area contributed by atoms with Crippen molar-refractivity contribution in [2.75, 3.05) is 18.4 Å². The van der Waals surface area contributed by atoms with Crippen LogP contribution in [0.25, 0.3) is 0 Å². The third-order valence-corrected chi connectivity index (χ3v) is 4.02. The fourth-order valence-electron chi connectivity index (χ4n) is 2.72. The molecule has 0 atom stereocenters. The third-order valence-electron chi connectivity index (χ3n) is 4.02. The molecule has 1 heterocycles. The van der Waals surface area contributed by atoms with Gasteiger partial charge in [0.25, 0.3) is 0 Å². The molecule has 3 amide bonds. The number of anilines is 1. The van der Waals surface area contributed by atoms with Gasteiger partial charge in [0, 0.05) is 30.4 Å². The average Bonchev–Trinajstić information content (AvgIpc) is 2.53. The Hall–Kier alpha value is -2.57. The zero-order valence-electron chi connectivity index (χ0n) is 15.8. The number of amides is 3. The van der Waals surface area contributed by atoms with Crippen LogP contribution in [0.1, 0.15) is 50.9 Å².